The summed E-state index contributed by atoms with van der Waals surface area (Å²) in [5.41, 5.74) is -1.64. The molecule has 0 amide bonds. The topological polar surface area (TPSA) is 90.6 Å². The predicted molar refractivity (Wildman–Crippen MR) is 65.1 cm³/mol. The van der Waals surface area contributed by atoms with Gasteiger partial charge in [-0.3, -0.25) is 4.79 Å². The van der Waals surface area contributed by atoms with Crippen molar-refractivity contribution in [1.29, 1.82) is 0 Å². The third-order valence-corrected chi connectivity index (χ3v) is 4.10. The van der Waals surface area contributed by atoms with Crippen LogP contribution in [-0.2, 0) is 9.59 Å². The molecular weight excluding hydrogens is 250 g/mol. The summed E-state index contributed by atoms with van der Waals surface area (Å²) in [6.45, 7) is 3.62. The molecule has 2 unspecified atom stereocenters. The van der Waals surface area contributed by atoms with Crippen LogP contribution in [0.5, 0.6) is 0 Å². The number of quaternary nitrogens is 1. The monoisotopic (exact) mass is 269 g/mol. The first-order valence-corrected chi connectivity index (χ1v) is 5.99. The number of furan rings is 1. The van der Waals surface area contributed by atoms with Gasteiger partial charge in [-0.25, -0.2) is 0 Å². The summed E-state index contributed by atoms with van der Waals surface area (Å²) in [4.78, 5) is 23.2. The molecule has 0 aliphatic carbocycles. The second-order valence-corrected chi connectivity index (χ2v) is 5.22. The lowest BCUT2D eigenvalue weighted by atomic mass is 9.80. The van der Waals surface area contributed by atoms with E-state index in [1.165, 1.54) is 25.3 Å². The van der Waals surface area contributed by atoms with Crippen LogP contribution in [0.4, 0.5) is 0 Å². The van der Waals surface area contributed by atoms with Gasteiger partial charge in [-0.1, -0.05) is 0 Å². The third kappa shape index (κ3) is 2.35. The Labute approximate surface area is 111 Å². The van der Waals surface area contributed by atoms with Crippen molar-refractivity contribution in [1.82, 2.24) is 0 Å². The van der Waals surface area contributed by atoms with Crippen LogP contribution in [0.2, 0.25) is 0 Å². The molecule has 0 aliphatic rings. The molecule has 0 saturated carbocycles. The van der Waals surface area contributed by atoms with Crippen LogP contribution in [0, 0.1) is 0 Å². The lowest BCUT2D eigenvalue weighted by Gasteiger charge is -2.48. The molecule has 6 nitrogen and oxygen atoms in total. The molecule has 0 fully saturated rings. The van der Waals surface area contributed by atoms with E-state index in [9.17, 15) is 19.8 Å². The molecule has 1 aromatic heterocycles. The number of nitrogens with zero attached hydrogens (tertiary/aromatic N) is 1. The Kier molecular flexibility index (Phi) is 4.05. The summed E-state index contributed by atoms with van der Waals surface area (Å²) in [6, 6.07) is 3.00. The van der Waals surface area contributed by atoms with Crippen LogP contribution in [-0.4, -0.2) is 47.7 Å². The molecule has 2 atom stereocenters. The smallest absolute Gasteiger partial charge is 0.321 e. The van der Waals surface area contributed by atoms with Crippen LogP contribution in [0.25, 0.3) is 0 Å². The standard InChI is InChI=1S/C13H19NO5/c1-5-14(3,4)13(2,12(17)18)10(11(15)16)9-7-6-8-19-9/h6-8,10H,5H2,1-4H3,(H-,15,16,17,18). The number of carboxylic acids is 2. The first kappa shape index (κ1) is 15.2. The molecule has 0 bridgehead atoms. The summed E-state index contributed by atoms with van der Waals surface area (Å²) in [5.74, 6) is -3.87. The Morgan fingerprint density at radius 2 is 2.11 bits per heavy atom. The molecule has 106 valence electrons. The Hall–Kier alpha value is -1.82. The zero-order chi connectivity index (χ0) is 14.8. The molecule has 19 heavy (non-hydrogen) atoms. The number of carbonyl (C=O) groups is 2. The number of hydrogen-bond acceptors (Lipinski definition) is 4. The van der Waals surface area contributed by atoms with E-state index < -0.39 is 23.4 Å². The minimum atomic E-state index is -1.64. The van der Waals surface area contributed by atoms with Crippen LogP contribution in [0.3, 0.4) is 0 Å². The highest BCUT2D eigenvalue weighted by atomic mass is 16.4. The first-order chi connectivity index (χ1) is 8.68. The fraction of sp³-hybridized carbons (Fsp3) is 0.538. The molecule has 1 aromatic rings. The Bertz CT molecular complexity index is 465. The Balaban J connectivity index is 3.46. The SMILES string of the molecule is CC[N+](C)(C)C(C)(C(=O)[O-])C(C(=O)O)c1ccco1. The average Bonchev–Trinajstić information content (AvgIpc) is 2.81. The van der Waals surface area contributed by atoms with Gasteiger partial charge in [-0.05, 0) is 26.0 Å². The molecule has 1 N–H and O–H groups in total. The lowest BCUT2D eigenvalue weighted by Crippen LogP contribution is -2.69. The quantitative estimate of drug-likeness (QED) is 0.737. The van der Waals surface area contributed by atoms with E-state index in [1.54, 1.807) is 21.0 Å². The second kappa shape index (κ2) is 5.05. The largest absolute Gasteiger partial charge is 0.544 e. The molecular formula is C13H19NO5. The molecule has 0 aliphatic heterocycles. The Morgan fingerprint density at radius 1 is 1.53 bits per heavy atom. The molecule has 1 rings (SSSR count). The normalized spacial score (nSPS) is 16.6. The summed E-state index contributed by atoms with van der Waals surface area (Å²) >= 11 is 0. The van der Waals surface area contributed by atoms with Crippen LogP contribution in [0.15, 0.2) is 22.8 Å². The maximum Gasteiger partial charge on any atom is 0.321 e. The number of rotatable bonds is 6. The van der Waals surface area contributed by atoms with Crippen molar-refractivity contribution in [2.75, 3.05) is 20.6 Å². The van der Waals surface area contributed by atoms with E-state index in [4.69, 9.17) is 4.42 Å². The van der Waals surface area contributed by atoms with E-state index in [0.717, 1.165) is 0 Å². The Morgan fingerprint density at radius 3 is 2.42 bits per heavy atom. The van der Waals surface area contributed by atoms with E-state index in [-0.39, 0.29) is 10.2 Å². The van der Waals surface area contributed by atoms with Crippen LogP contribution in [0.1, 0.15) is 25.5 Å². The molecule has 1 heterocycles. The van der Waals surface area contributed by atoms with Crippen molar-refractivity contribution in [3.8, 4) is 0 Å². The minimum absolute atomic E-state index is 0.0347. The van der Waals surface area contributed by atoms with Gasteiger partial charge in [0.15, 0.2) is 11.5 Å². The maximum absolute atomic E-state index is 11.6. The van der Waals surface area contributed by atoms with Gasteiger partial charge in [0.05, 0.1) is 26.9 Å². The van der Waals surface area contributed by atoms with Crippen molar-refractivity contribution in [2.24, 2.45) is 0 Å². The zero-order valence-corrected chi connectivity index (χ0v) is 11.5. The van der Waals surface area contributed by atoms with Gasteiger partial charge in [0.25, 0.3) is 0 Å². The van der Waals surface area contributed by atoms with Crippen LogP contribution < -0.4 is 5.11 Å². The highest BCUT2D eigenvalue weighted by molar-refractivity contribution is 5.87. The second-order valence-electron chi connectivity index (χ2n) is 5.22. The fourth-order valence-electron chi connectivity index (χ4n) is 2.14. The van der Waals surface area contributed by atoms with Crippen molar-refractivity contribution in [3.63, 3.8) is 0 Å². The summed E-state index contributed by atoms with van der Waals surface area (Å²) in [7, 11) is 3.32. The predicted octanol–water partition coefficient (Wildman–Crippen LogP) is 0.0527. The first-order valence-electron chi connectivity index (χ1n) is 5.99. The average molecular weight is 269 g/mol. The van der Waals surface area contributed by atoms with Crippen LogP contribution >= 0.6 is 0 Å². The highest BCUT2D eigenvalue weighted by Gasteiger charge is 2.54. The summed E-state index contributed by atoms with van der Waals surface area (Å²) in [5, 5.41) is 21.1. The zero-order valence-electron chi connectivity index (χ0n) is 11.5. The number of carboxylic acid groups (broad SMARTS) is 2. The number of hydrogen-bond donors (Lipinski definition) is 1. The van der Waals surface area contributed by atoms with Gasteiger partial charge < -0.3 is 23.9 Å². The van der Waals surface area contributed by atoms with Crippen molar-refractivity contribution >= 4 is 11.9 Å². The molecule has 0 saturated heterocycles. The molecule has 0 aromatic carbocycles. The molecule has 0 radical (unpaired) electrons. The molecule has 0 spiro atoms. The van der Waals surface area contributed by atoms with E-state index in [0.29, 0.717) is 6.54 Å². The van der Waals surface area contributed by atoms with Gasteiger partial charge >= 0.3 is 5.97 Å². The maximum atomic E-state index is 11.6. The highest BCUT2D eigenvalue weighted by Crippen LogP contribution is 2.36. The third-order valence-electron chi connectivity index (χ3n) is 4.10. The lowest BCUT2D eigenvalue weighted by molar-refractivity contribution is -0.931. The van der Waals surface area contributed by atoms with Gasteiger partial charge in [0, 0.05) is 0 Å². The van der Waals surface area contributed by atoms with Crippen molar-refractivity contribution in [3.05, 3.63) is 24.2 Å². The summed E-state index contributed by atoms with van der Waals surface area (Å²) in [6.07, 6.45) is 1.33. The van der Waals surface area contributed by atoms with Crippen molar-refractivity contribution in [2.45, 2.75) is 25.3 Å². The molecule has 6 heteroatoms. The summed E-state index contributed by atoms with van der Waals surface area (Å²) < 4.78 is 5.08. The van der Waals surface area contributed by atoms with E-state index in [1.807, 2.05) is 0 Å². The number of likely N-dealkylation sites (N-methyl/N-ethyl adjacent to an activating group) is 1. The van der Waals surface area contributed by atoms with Gasteiger partial charge in [-0.15, -0.1) is 0 Å². The van der Waals surface area contributed by atoms with Gasteiger partial charge in [0.2, 0.25) is 0 Å². The fourth-order valence-corrected chi connectivity index (χ4v) is 2.14. The number of carbonyl (C=O) groups excluding carboxylic acids is 1. The van der Waals surface area contributed by atoms with Gasteiger partial charge in [0.1, 0.15) is 11.7 Å². The minimum Gasteiger partial charge on any atom is -0.544 e. The van der Waals surface area contributed by atoms with Crippen molar-refractivity contribution < 1.29 is 28.7 Å². The van der Waals surface area contributed by atoms with Gasteiger partial charge in [-0.2, -0.15) is 0 Å². The van der Waals surface area contributed by atoms with E-state index >= 15 is 0 Å². The van der Waals surface area contributed by atoms with E-state index in [2.05, 4.69) is 0 Å². The number of aliphatic carboxylic acids is 2.